The van der Waals surface area contributed by atoms with Crippen molar-refractivity contribution in [3.63, 3.8) is 0 Å². The third kappa shape index (κ3) is 4.28. The Labute approximate surface area is 158 Å². The minimum absolute atomic E-state index is 0.147. The molecule has 3 rings (SSSR count). The van der Waals surface area contributed by atoms with E-state index in [2.05, 4.69) is 10.1 Å². The summed E-state index contributed by atoms with van der Waals surface area (Å²) >= 11 is 0. The summed E-state index contributed by atoms with van der Waals surface area (Å²) in [5, 5.41) is 3.09. The molecular weight excluding hydrogens is 342 g/mol. The molecule has 0 bridgehead atoms. The molecule has 0 aliphatic carbocycles. The molecule has 3 aromatic rings. The Morgan fingerprint density at radius 3 is 2.07 bits per heavy atom. The number of hydrogen-bond donors (Lipinski definition) is 1. The van der Waals surface area contributed by atoms with Gasteiger partial charge >= 0.3 is 0 Å². The van der Waals surface area contributed by atoms with Gasteiger partial charge in [0.25, 0.3) is 5.56 Å². The fraction of sp³-hybridized carbons (Fsp3) is 0.238. The molecule has 0 aliphatic heterocycles. The van der Waals surface area contributed by atoms with Crippen LogP contribution in [0.15, 0.2) is 58.3 Å². The summed E-state index contributed by atoms with van der Waals surface area (Å²) in [5.74, 6) is 1.57. The fourth-order valence-corrected chi connectivity index (χ4v) is 2.69. The van der Waals surface area contributed by atoms with Gasteiger partial charge in [0.2, 0.25) is 0 Å². The van der Waals surface area contributed by atoms with Crippen LogP contribution in [0.3, 0.4) is 0 Å². The Morgan fingerprint density at radius 2 is 1.52 bits per heavy atom. The maximum atomic E-state index is 12.8. The lowest BCUT2D eigenvalue weighted by molar-refractivity contribution is 0.340. The molecule has 0 atom stereocenters. The first-order valence-corrected chi connectivity index (χ1v) is 8.94. The Hall–Kier alpha value is -3.28. The van der Waals surface area contributed by atoms with Gasteiger partial charge in [0.15, 0.2) is 0 Å². The van der Waals surface area contributed by atoms with Crippen LogP contribution in [0.2, 0.25) is 0 Å². The van der Waals surface area contributed by atoms with Crippen LogP contribution in [0.5, 0.6) is 11.5 Å². The Morgan fingerprint density at radius 1 is 0.963 bits per heavy atom. The molecule has 6 nitrogen and oxygen atoms in total. The first-order chi connectivity index (χ1) is 13.1. The van der Waals surface area contributed by atoms with Crippen LogP contribution >= 0.6 is 0 Å². The van der Waals surface area contributed by atoms with Gasteiger partial charge in [-0.05, 0) is 69.3 Å². The van der Waals surface area contributed by atoms with Crippen LogP contribution in [0.4, 0.5) is 5.69 Å². The van der Waals surface area contributed by atoms with Crippen molar-refractivity contribution in [2.45, 2.75) is 20.8 Å². The first-order valence-electron chi connectivity index (χ1n) is 8.94. The van der Waals surface area contributed by atoms with E-state index in [4.69, 9.17) is 9.47 Å². The molecular formula is C21H23N3O3. The van der Waals surface area contributed by atoms with Gasteiger partial charge in [0.05, 0.1) is 30.2 Å². The van der Waals surface area contributed by atoms with Gasteiger partial charge in [0, 0.05) is 11.9 Å². The van der Waals surface area contributed by atoms with Crippen LogP contribution in [-0.2, 0) is 0 Å². The van der Waals surface area contributed by atoms with Gasteiger partial charge < -0.3 is 9.47 Å². The molecule has 0 radical (unpaired) electrons. The predicted molar refractivity (Wildman–Crippen MR) is 107 cm³/mol. The second kappa shape index (κ2) is 8.40. The van der Waals surface area contributed by atoms with E-state index in [9.17, 15) is 4.79 Å². The fourth-order valence-electron chi connectivity index (χ4n) is 2.69. The third-order valence-corrected chi connectivity index (χ3v) is 4.01. The molecule has 0 amide bonds. The van der Waals surface area contributed by atoms with Crippen molar-refractivity contribution in [3.05, 3.63) is 70.1 Å². The number of aromatic nitrogens is 2. The minimum Gasteiger partial charge on any atom is -0.494 e. The molecule has 6 heteroatoms. The quantitative estimate of drug-likeness (QED) is 0.643. The normalized spacial score (nSPS) is 11.1. The van der Waals surface area contributed by atoms with E-state index < -0.39 is 0 Å². The highest BCUT2D eigenvalue weighted by molar-refractivity contribution is 5.83. The number of aliphatic imine (C=N–C) groups is 1. The van der Waals surface area contributed by atoms with E-state index >= 15 is 0 Å². The summed E-state index contributed by atoms with van der Waals surface area (Å²) in [7, 11) is 0. The summed E-state index contributed by atoms with van der Waals surface area (Å²) in [4.78, 5) is 17.2. The lowest BCUT2D eigenvalue weighted by atomic mass is 10.2. The molecule has 140 valence electrons. The minimum atomic E-state index is -0.147. The van der Waals surface area contributed by atoms with E-state index in [-0.39, 0.29) is 5.56 Å². The number of nitrogens with zero attached hydrogens (tertiary/aromatic N) is 2. The standard InChI is InChI=1S/C21H23N3O3/c1-4-26-18-10-6-16(7-11-18)22-14-20-15(3)23-24(21(20)25)17-8-12-19(13-9-17)27-5-2/h6-14,23H,4-5H2,1-3H3. The number of ether oxygens (including phenoxy) is 2. The van der Waals surface area contributed by atoms with Gasteiger partial charge in [-0.2, -0.15) is 0 Å². The lowest BCUT2D eigenvalue weighted by Crippen LogP contribution is -2.17. The molecule has 27 heavy (non-hydrogen) atoms. The van der Waals surface area contributed by atoms with Crippen LogP contribution in [0, 0.1) is 6.92 Å². The van der Waals surface area contributed by atoms with Gasteiger partial charge in [-0.3, -0.25) is 14.9 Å². The van der Waals surface area contributed by atoms with Crippen LogP contribution in [0.1, 0.15) is 25.1 Å². The smallest absolute Gasteiger partial charge is 0.280 e. The number of aromatic amines is 1. The molecule has 1 N–H and O–H groups in total. The molecule has 0 fully saturated rings. The number of H-pyrrole nitrogens is 1. The molecule has 1 aromatic heterocycles. The maximum Gasteiger partial charge on any atom is 0.280 e. The Balaban J connectivity index is 1.84. The maximum absolute atomic E-state index is 12.8. The van der Waals surface area contributed by atoms with Crippen LogP contribution in [0.25, 0.3) is 5.69 Å². The van der Waals surface area contributed by atoms with Crippen LogP contribution < -0.4 is 15.0 Å². The average Bonchev–Trinajstić information content (AvgIpc) is 2.96. The van der Waals surface area contributed by atoms with E-state index in [0.717, 1.165) is 28.6 Å². The monoisotopic (exact) mass is 365 g/mol. The third-order valence-electron chi connectivity index (χ3n) is 4.01. The summed E-state index contributed by atoms with van der Waals surface area (Å²) < 4.78 is 12.4. The summed E-state index contributed by atoms with van der Waals surface area (Å²) in [6.45, 7) is 6.95. The van der Waals surface area contributed by atoms with E-state index in [1.807, 2.05) is 69.3 Å². The first kappa shape index (κ1) is 18.5. The zero-order valence-electron chi connectivity index (χ0n) is 15.7. The van der Waals surface area contributed by atoms with Crippen molar-refractivity contribution >= 4 is 11.9 Å². The van der Waals surface area contributed by atoms with Gasteiger partial charge in [0.1, 0.15) is 11.5 Å². The van der Waals surface area contributed by atoms with Crippen molar-refractivity contribution in [1.82, 2.24) is 9.78 Å². The molecule has 0 saturated carbocycles. The van der Waals surface area contributed by atoms with Gasteiger partial charge in [-0.15, -0.1) is 0 Å². The Bertz CT molecular complexity index is 967. The van der Waals surface area contributed by atoms with Crippen molar-refractivity contribution in [2.75, 3.05) is 13.2 Å². The topological polar surface area (TPSA) is 68.6 Å². The number of rotatable bonds is 7. The van der Waals surface area contributed by atoms with Gasteiger partial charge in [-0.25, -0.2) is 4.68 Å². The average molecular weight is 365 g/mol. The largest absolute Gasteiger partial charge is 0.494 e. The number of nitrogens with one attached hydrogen (secondary N) is 1. The van der Waals surface area contributed by atoms with Crippen molar-refractivity contribution in [3.8, 4) is 17.2 Å². The molecule has 2 aromatic carbocycles. The molecule has 0 spiro atoms. The highest BCUT2D eigenvalue weighted by Crippen LogP contribution is 2.18. The highest BCUT2D eigenvalue weighted by atomic mass is 16.5. The summed E-state index contributed by atoms with van der Waals surface area (Å²) in [6.07, 6.45) is 1.59. The van der Waals surface area contributed by atoms with E-state index in [0.29, 0.717) is 18.8 Å². The van der Waals surface area contributed by atoms with Crippen molar-refractivity contribution < 1.29 is 9.47 Å². The number of benzene rings is 2. The zero-order chi connectivity index (χ0) is 19.2. The number of aryl methyl sites for hydroxylation is 1. The van der Waals surface area contributed by atoms with Crippen molar-refractivity contribution in [1.29, 1.82) is 0 Å². The lowest BCUT2D eigenvalue weighted by Gasteiger charge is -2.05. The summed E-state index contributed by atoms with van der Waals surface area (Å²) in [5.41, 5.74) is 2.63. The number of hydrogen-bond acceptors (Lipinski definition) is 4. The second-order valence-corrected chi connectivity index (χ2v) is 5.90. The highest BCUT2D eigenvalue weighted by Gasteiger charge is 2.10. The van der Waals surface area contributed by atoms with Gasteiger partial charge in [-0.1, -0.05) is 0 Å². The summed E-state index contributed by atoms with van der Waals surface area (Å²) in [6, 6.07) is 14.8. The van der Waals surface area contributed by atoms with E-state index in [1.54, 1.807) is 6.21 Å². The zero-order valence-corrected chi connectivity index (χ0v) is 15.7. The second-order valence-electron chi connectivity index (χ2n) is 5.90. The van der Waals surface area contributed by atoms with Crippen molar-refractivity contribution in [2.24, 2.45) is 4.99 Å². The molecule has 1 heterocycles. The van der Waals surface area contributed by atoms with E-state index in [1.165, 1.54) is 4.68 Å². The Kier molecular flexibility index (Phi) is 5.76. The molecule has 0 aliphatic rings. The van der Waals surface area contributed by atoms with Crippen LogP contribution in [-0.4, -0.2) is 29.2 Å². The molecule has 0 saturated heterocycles. The SMILES string of the molecule is CCOc1ccc(N=Cc2c(C)[nH]n(-c3ccc(OCC)cc3)c2=O)cc1. The molecule has 0 unspecified atom stereocenters. The predicted octanol–water partition coefficient (Wildman–Crippen LogP) is 4.02.